The van der Waals surface area contributed by atoms with Gasteiger partial charge < -0.3 is 16.5 Å². The van der Waals surface area contributed by atoms with Gasteiger partial charge in [0.2, 0.25) is 5.91 Å². The number of anilines is 2. The quantitative estimate of drug-likeness (QED) is 0.558. The maximum Gasteiger partial charge on any atom is 0.273 e. The first-order valence-electron chi connectivity index (χ1n) is 9.60. The lowest BCUT2D eigenvalue weighted by Gasteiger charge is -2.17. The van der Waals surface area contributed by atoms with Gasteiger partial charge in [-0.3, -0.25) is 9.59 Å². The van der Waals surface area contributed by atoms with Gasteiger partial charge >= 0.3 is 0 Å². The van der Waals surface area contributed by atoms with Crippen LogP contribution in [-0.2, 0) is 11.3 Å². The normalized spacial score (nSPS) is 11.9. The number of aromatic nitrogens is 3. The summed E-state index contributed by atoms with van der Waals surface area (Å²) in [6, 6.07) is 5.16. The van der Waals surface area contributed by atoms with Crippen molar-refractivity contribution in [2.75, 3.05) is 16.5 Å². The van der Waals surface area contributed by atoms with E-state index in [0.717, 1.165) is 21.1 Å². The Bertz CT molecular complexity index is 1150. The van der Waals surface area contributed by atoms with Gasteiger partial charge in [-0.2, -0.15) is 0 Å². The molecule has 3 aromatic rings. The van der Waals surface area contributed by atoms with Crippen molar-refractivity contribution >= 4 is 28.7 Å². The standard InChI is InChI=1S/C21H26N6O2S/c1-11-8-9-27(23-10-17-14(4)24-15(5)30-17)21(29)19(11)12(2)20(28)26-16-6-7-18(22)25-13(16)3/h6-9,12,23H,10H2,1-5H3,(H2,22,25)(H,26,28). The number of nitrogens with zero attached hydrogens (tertiary/aromatic N) is 3. The average molecular weight is 427 g/mol. The lowest BCUT2D eigenvalue weighted by atomic mass is 9.97. The Morgan fingerprint density at radius 2 is 1.90 bits per heavy atom. The maximum atomic E-state index is 13.1. The predicted octanol–water partition coefficient (Wildman–Crippen LogP) is 3.00. The van der Waals surface area contributed by atoms with Gasteiger partial charge in [0.25, 0.3) is 5.56 Å². The molecule has 0 radical (unpaired) electrons. The van der Waals surface area contributed by atoms with E-state index in [1.54, 1.807) is 43.5 Å². The number of aryl methyl sites for hydroxylation is 4. The summed E-state index contributed by atoms with van der Waals surface area (Å²) in [7, 11) is 0. The molecule has 1 atom stereocenters. The van der Waals surface area contributed by atoms with Crippen LogP contribution in [0.1, 0.15) is 45.2 Å². The number of pyridine rings is 2. The van der Waals surface area contributed by atoms with Crippen LogP contribution >= 0.6 is 11.3 Å². The van der Waals surface area contributed by atoms with Gasteiger partial charge in [0.15, 0.2) is 0 Å². The van der Waals surface area contributed by atoms with E-state index >= 15 is 0 Å². The molecule has 0 aromatic carbocycles. The third-order valence-electron chi connectivity index (χ3n) is 4.95. The number of carbonyl (C=O) groups is 1. The summed E-state index contributed by atoms with van der Waals surface area (Å²) >= 11 is 1.59. The number of amides is 1. The van der Waals surface area contributed by atoms with E-state index in [4.69, 9.17) is 5.73 Å². The van der Waals surface area contributed by atoms with Gasteiger partial charge in [-0.05, 0) is 58.4 Å². The maximum absolute atomic E-state index is 13.1. The molecule has 0 aliphatic carbocycles. The van der Waals surface area contributed by atoms with Crippen LogP contribution in [0.2, 0.25) is 0 Å². The number of nitrogen functional groups attached to an aromatic ring is 1. The van der Waals surface area contributed by atoms with Gasteiger partial charge in [-0.25, -0.2) is 14.6 Å². The summed E-state index contributed by atoms with van der Waals surface area (Å²) < 4.78 is 1.43. The second-order valence-electron chi connectivity index (χ2n) is 7.24. The smallest absolute Gasteiger partial charge is 0.273 e. The number of nitrogens with two attached hydrogens (primary N) is 1. The SMILES string of the molecule is Cc1nc(C)c(CNn2ccc(C)c(C(C)C(=O)Nc3ccc(N)nc3C)c2=O)s1. The predicted molar refractivity (Wildman–Crippen MR) is 121 cm³/mol. The minimum absolute atomic E-state index is 0.247. The van der Waals surface area contributed by atoms with Gasteiger partial charge in [0.05, 0.1) is 34.5 Å². The molecule has 0 fully saturated rings. The molecule has 0 bridgehead atoms. The minimum atomic E-state index is -0.643. The van der Waals surface area contributed by atoms with Gasteiger partial charge in [0.1, 0.15) is 5.82 Å². The van der Waals surface area contributed by atoms with Gasteiger partial charge in [-0.1, -0.05) is 0 Å². The van der Waals surface area contributed by atoms with Crippen molar-refractivity contribution in [3.05, 3.63) is 67.1 Å². The summed E-state index contributed by atoms with van der Waals surface area (Å²) in [5.41, 5.74) is 11.9. The molecule has 4 N–H and O–H groups in total. The molecule has 1 unspecified atom stereocenters. The average Bonchev–Trinajstić information content (AvgIpc) is 3.00. The molecule has 158 valence electrons. The molecule has 0 saturated heterocycles. The number of thiazole rings is 1. The van der Waals surface area contributed by atoms with Crippen LogP contribution in [0.3, 0.4) is 0 Å². The topological polar surface area (TPSA) is 115 Å². The molecule has 3 heterocycles. The van der Waals surface area contributed by atoms with Gasteiger partial charge in [0, 0.05) is 16.6 Å². The fourth-order valence-corrected chi connectivity index (χ4v) is 4.14. The molecule has 0 aliphatic heterocycles. The van der Waals surface area contributed by atoms with E-state index < -0.39 is 5.92 Å². The molecule has 3 aromatic heterocycles. The third-order valence-corrected chi connectivity index (χ3v) is 6.02. The van der Waals surface area contributed by atoms with E-state index in [0.29, 0.717) is 29.3 Å². The molecule has 0 aliphatic rings. The van der Waals surface area contributed by atoms with E-state index in [1.165, 1.54) is 4.68 Å². The van der Waals surface area contributed by atoms with Crippen LogP contribution in [-0.4, -0.2) is 20.6 Å². The molecular formula is C21H26N6O2S. The second-order valence-corrected chi connectivity index (χ2v) is 8.53. The summed E-state index contributed by atoms with van der Waals surface area (Å²) in [5, 5.41) is 3.83. The molecular weight excluding hydrogens is 400 g/mol. The van der Waals surface area contributed by atoms with E-state index in [2.05, 4.69) is 20.7 Å². The second kappa shape index (κ2) is 8.66. The largest absolute Gasteiger partial charge is 0.384 e. The Morgan fingerprint density at radius 1 is 1.17 bits per heavy atom. The van der Waals surface area contributed by atoms with Crippen molar-refractivity contribution in [1.82, 2.24) is 14.6 Å². The molecule has 0 saturated carbocycles. The van der Waals surface area contributed by atoms with E-state index in [1.807, 2.05) is 26.8 Å². The number of hydrogen-bond acceptors (Lipinski definition) is 7. The highest BCUT2D eigenvalue weighted by atomic mass is 32.1. The fourth-order valence-electron chi connectivity index (χ4n) is 3.27. The van der Waals surface area contributed by atoms with Gasteiger partial charge in [-0.15, -0.1) is 11.3 Å². The Hall–Kier alpha value is -3.20. The Kier molecular flexibility index (Phi) is 6.21. The lowest BCUT2D eigenvalue weighted by molar-refractivity contribution is -0.117. The zero-order valence-corrected chi connectivity index (χ0v) is 18.6. The first-order valence-corrected chi connectivity index (χ1v) is 10.4. The highest BCUT2D eigenvalue weighted by Crippen LogP contribution is 2.21. The van der Waals surface area contributed by atoms with Crippen molar-refractivity contribution < 1.29 is 4.79 Å². The number of hydrogen-bond donors (Lipinski definition) is 3. The van der Waals surface area contributed by atoms with E-state index in [9.17, 15) is 9.59 Å². The van der Waals surface area contributed by atoms with Crippen LogP contribution in [0, 0.1) is 27.7 Å². The monoisotopic (exact) mass is 426 g/mol. The summed E-state index contributed by atoms with van der Waals surface area (Å²) in [5.74, 6) is -0.537. The van der Waals surface area contributed by atoms with Crippen molar-refractivity contribution in [3.8, 4) is 0 Å². The van der Waals surface area contributed by atoms with Crippen LogP contribution in [0.5, 0.6) is 0 Å². The summed E-state index contributed by atoms with van der Waals surface area (Å²) in [6.07, 6.45) is 1.68. The summed E-state index contributed by atoms with van der Waals surface area (Å²) in [6.45, 7) is 9.71. The molecule has 3 rings (SSSR count). The molecule has 9 heteroatoms. The third kappa shape index (κ3) is 4.51. The molecule has 0 spiro atoms. The van der Waals surface area contributed by atoms with Crippen molar-refractivity contribution in [1.29, 1.82) is 0 Å². The first kappa shape index (κ1) is 21.5. The van der Waals surface area contributed by atoms with E-state index in [-0.39, 0.29) is 11.5 Å². The zero-order valence-electron chi connectivity index (χ0n) is 17.7. The number of carbonyl (C=O) groups excluding carboxylic acids is 1. The molecule has 8 nitrogen and oxygen atoms in total. The van der Waals surface area contributed by atoms with Crippen LogP contribution < -0.4 is 22.0 Å². The number of nitrogens with one attached hydrogen (secondary N) is 2. The van der Waals surface area contributed by atoms with Crippen LogP contribution in [0.15, 0.2) is 29.2 Å². The highest BCUT2D eigenvalue weighted by Gasteiger charge is 2.22. The number of rotatable bonds is 6. The zero-order chi connectivity index (χ0) is 22.0. The minimum Gasteiger partial charge on any atom is -0.384 e. The molecule has 30 heavy (non-hydrogen) atoms. The Balaban J connectivity index is 1.82. The van der Waals surface area contributed by atoms with Crippen molar-refractivity contribution in [3.63, 3.8) is 0 Å². The Morgan fingerprint density at radius 3 is 2.53 bits per heavy atom. The Labute approximate surface area is 179 Å². The van der Waals surface area contributed by atoms with Crippen molar-refractivity contribution in [2.24, 2.45) is 0 Å². The van der Waals surface area contributed by atoms with Crippen LogP contribution in [0.4, 0.5) is 11.5 Å². The molecule has 1 amide bonds. The fraction of sp³-hybridized carbons (Fsp3) is 0.333. The van der Waals surface area contributed by atoms with Crippen LogP contribution in [0.25, 0.3) is 0 Å². The van der Waals surface area contributed by atoms with Crippen molar-refractivity contribution in [2.45, 2.75) is 47.1 Å². The first-order chi connectivity index (χ1) is 14.2. The lowest BCUT2D eigenvalue weighted by Crippen LogP contribution is -2.34. The highest BCUT2D eigenvalue weighted by molar-refractivity contribution is 7.11. The summed E-state index contributed by atoms with van der Waals surface area (Å²) in [4.78, 5) is 35.6.